The molecule has 0 aromatic rings. The van der Waals surface area contributed by atoms with Crippen LogP contribution >= 0.6 is 7.60 Å². The van der Waals surface area contributed by atoms with Crippen LogP contribution in [0.25, 0.3) is 0 Å². The van der Waals surface area contributed by atoms with Crippen molar-refractivity contribution in [3.05, 3.63) is 0 Å². The maximum atomic E-state index is 12.8. The van der Waals surface area contributed by atoms with Crippen molar-refractivity contribution >= 4 is 7.60 Å². The molecule has 3 fully saturated rings. The van der Waals surface area contributed by atoms with Gasteiger partial charge in [0, 0.05) is 6.42 Å². The number of nitrogens with zero attached hydrogens (tertiary/aromatic N) is 1. The second kappa shape index (κ2) is 6.62. The number of nitriles is 1. The molecular weight excluding hydrogens is 341 g/mol. The molecule has 7 heteroatoms. The highest BCUT2D eigenvalue weighted by molar-refractivity contribution is 7.54. The summed E-state index contributed by atoms with van der Waals surface area (Å²) in [6.07, 6.45) is 2.74. The predicted octanol–water partition coefficient (Wildman–Crippen LogP) is 4.31. The van der Waals surface area contributed by atoms with Crippen molar-refractivity contribution in [2.45, 2.75) is 72.1 Å². The molecule has 1 saturated heterocycles. The zero-order valence-electron chi connectivity index (χ0n) is 15.9. The van der Waals surface area contributed by atoms with E-state index in [1.165, 1.54) is 6.42 Å². The lowest BCUT2D eigenvalue weighted by Gasteiger charge is -2.38. The smallest absolute Gasteiger partial charge is 0.348 e. The van der Waals surface area contributed by atoms with Crippen LogP contribution in [0.15, 0.2) is 0 Å². The fourth-order valence-corrected chi connectivity index (χ4v) is 6.91. The van der Waals surface area contributed by atoms with E-state index in [1.54, 1.807) is 13.8 Å². The largest absolute Gasteiger partial charge is 0.373 e. The van der Waals surface area contributed by atoms with Crippen LogP contribution < -0.4 is 0 Å². The molecule has 2 bridgehead atoms. The molecule has 0 amide bonds. The molecule has 2 saturated carbocycles. The lowest BCUT2D eigenvalue weighted by Crippen LogP contribution is -2.38. The van der Waals surface area contributed by atoms with Gasteiger partial charge in [0.05, 0.1) is 19.3 Å². The monoisotopic (exact) mass is 371 g/mol. The third kappa shape index (κ3) is 2.80. The number of hydrogen-bond donors (Lipinski definition) is 0. The zero-order chi connectivity index (χ0) is 18.5. The summed E-state index contributed by atoms with van der Waals surface area (Å²) in [5.74, 6) is -0.200. The van der Waals surface area contributed by atoms with Crippen LogP contribution in [0.1, 0.15) is 53.9 Å². The van der Waals surface area contributed by atoms with Crippen molar-refractivity contribution in [1.29, 1.82) is 5.26 Å². The van der Waals surface area contributed by atoms with E-state index >= 15 is 0 Å². The van der Waals surface area contributed by atoms with Gasteiger partial charge >= 0.3 is 7.60 Å². The van der Waals surface area contributed by atoms with Crippen LogP contribution in [0.4, 0.5) is 0 Å². The van der Waals surface area contributed by atoms with Crippen molar-refractivity contribution in [3.8, 4) is 6.07 Å². The summed E-state index contributed by atoms with van der Waals surface area (Å²) in [6, 6.07) is 1.95. The maximum Gasteiger partial charge on any atom is 0.373 e. The van der Waals surface area contributed by atoms with Crippen molar-refractivity contribution in [2.75, 3.05) is 13.2 Å². The number of hydrogen-bond acceptors (Lipinski definition) is 6. The number of rotatable bonds is 7. The molecule has 6 atom stereocenters. The molecule has 25 heavy (non-hydrogen) atoms. The molecule has 3 unspecified atom stereocenters. The van der Waals surface area contributed by atoms with E-state index in [0.29, 0.717) is 11.8 Å². The Balaban J connectivity index is 1.72. The number of fused-ring (bicyclic) bond motifs is 5. The molecule has 3 rings (SSSR count). The van der Waals surface area contributed by atoms with Crippen LogP contribution in [0.3, 0.4) is 0 Å². The van der Waals surface area contributed by atoms with Crippen molar-refractivity contribution in [1.82, 2.24) is 0 Å². The van der Waals surface area contributed by atoms with Gasteiger partial charge in [0.15, 0.2) is 6.29 Å². The van der Waals surface area contributed by atoms with E-state index in [1.807, 2.05) is 6.07 Å². The molecule has 3 aliphatic rings. The topological polar surface area (TPSA) is 77.8 Å². The Bertz CT molecular complexity index is 593. The summed E-state index contributed by atoms with van der Waals surface area (Å²) < 4.78 is 35.4. The van der Waals surface area contributed by atoms with Crippen molar-refractivity contribution in [3.63, 3.8) is 0 Å². The normalized spacial score (nSPS) is 40.0. The van der Waals surface area contributed by atoms with Crippen LogP contribution in [-0.2, 0) is 23.1 Å². The van der Waals surface area contributed by atoms with Gasteiger partial charge in [-0.15, -0.1) is 0 Å². The first kappa shape index (κ1) is 19.3. The van der Waals surface area contributed by atoms with E-state index in [2.05, 4.69) is 20.8 Å². The van der Waals surface area contributed by atoms with Crippen LogP contribution in [-0.4, -0.2) is 31.5 Å². The Kier molecular flexibility index (Phi) is 5.12. The van der Waals surface area contributed by atoms with Gasteiger partial charge in [-0.2, -0.15) is 5.26 Å². The highest BCUT2D eigenvalue weighted by Crippen LogP contribution is 2.71. The van der Waals surface area contributed by atoms with Crippen LogP contribution in [0.5, 0.6) is 0 Å². The summed E-state index contributed by atoms with van der Waals surface area (Å²) in [4.78, 5) is 0. The molecule has 6 nitrogen and oxygen atoms in total. The standard InChI is InChI=1S/C18H30NO5P/c1-6-21-25(20,22-7-2)15(11-19)23-14-10-12-13-8-9-18(5,16(12)24-14)17(13,3)4/h12-16H,6-10H2,1-5H3/t12?,13?,14-,15+,16?,18-/m0/s1. The van der Waals surface area contributed by atoms with Gasteiger partial charge in [0.25, 0.3) is 0 Å². The molecule has 2 aliphatic carbocycles. The SMILES string of the molecule is CCOP(=O)(OCC)[C@H](C#N)O[C@@H]1CC2C3CC[C@@](C)(C2O1)C3(C)C. The fourth-order valence-electron chi connectivity index (χ4n) is 5.42. The number of ether oxygens (including phenoxy) is 2. The van der Waals surface area contributed by atoms with Crippen molar-refractivity contribution in [2.24, 2.45) is 22.7 Å². The summed E-state index contributed by atoms with van der Waals surface area (Å²) >= 11 is 0. The second-order valence-corrected chi connectivity index (χ2v) is 10.2. The van der Waals surface area contributed by atoms with E-state index < -0.39 is 19.7 Å². The minimum atomic E-state index is -3.63. The predicted molar refractivity (Wildman–Crippen MR) is 92.7 cm³/mol. The molecule has 0 spiro atoms. The fraction of sp³-hybridized carbons (Fsp3) is 0.944. The molecule has 0 aromatic carbocycles. The van der Waals surface area contributed by atoms with Gasteiger partial charge in [-0.25, -0.2) is 0 Å². The molecule has 0 N–H and O–H groups in total. The van der Waals surface area contributed by atoms with Gasteiger partial charge in [-0.05, 0) is 49.4 Å². The summed E-state index contributed by atoms with van der Waals surface area (Å²) in [6.45, 7) is 10.8. The van der Waals surface area contributed by atoms with Gasteiger partial charge in [0.1, 0.15) is 6.07 Å². The Morgan fingerprint density at radius 1 is 1.28 bits per heavy atom. The van der Waals surface area contributed by atoms with E-state index in [-0.39, 0.29) is 30.1 Å². The van der Waals surface area contributed by atoms with Crippen LogP contribution in [0, 0.1) is 34.0 Å². The van der Waals surface area contributed by atoms with Crippen LogP contribution in [0.2, 0.25) is 0 Å². The van der Waals surface area contributed by atoms with E-state index in [9.17, 15) is 9.83 Å². The zero-order valence-corrected chi connectivity index (χ0v) is 16.8. The molecule has 0 radical (unpaired) electrons. The van der Waals surface area contributed by atoms with Crippen molar-refractivity contribution < 1.29 is 23.1 Å². The average molecular weight is 371 g/mol. The molecule has 1 heterocycles. The first-order valence-corrected chi connectivity index (χ1v) is 10.9. The third-order valence-electron chi connectivity index (χ3n) is 6.97. The summed E-state index contributed by atoms with van der Waals surface area (Å²) in [5, 5.41) is 9.47. The van der Waals surface area contributed by atoms with Gasteiger partial charge < -0.3 is 18.5 Å². The Morgan fingerprint density at radius 3 is 2.44 bits per heavy atom. The quantitative estimate of drug-likeness (QED) is 0.621. The minimum Gasteiger partial charge on any atom is -0.348 e. The lowest BCUT2D eigenvalue weighted by molar-refractivity contribution is -0.167. The molecule has 0 aromatic heterocycles. The van der Waals surface area contributed by atoms with E-state index in [0.717, 1.165) is 12.8 Å². The Hall–Kier alpha value is -0.440. The highest BCUT2D eigenvalue weighted by atomic mass is 31.2. The van der Waals surface area contributed by atoms with Gasteiger partial charge in [-0.3, -0.25) is 4.57 Å². The Labute approximate surface area is 150 Å². The average Bonchev–Trinajstić information content (AvgIpc) is 3.10. The lowest BCUT2D eigenvalue weighted by atomic mass is 9.70. The maximum absolute atomic E-state index is 12.8. The Morgan fingerprint density at radius 2 is 1.92 bits per heavy atom. The van der Waals surface area contributed by atoms with Gasteiger partial charge in [0.2, 0.25) is 5.85 Å². The first-order valence-electron chi connectivity index (χ1n) is 9.32. The molecule has 1 aliphatic heterocycles. The first-order chi connectivity index (χ1) is 11.7. The molecule has 142 valence electrons. The highest BCUT2D eigenvalue weighted by Gasteiger charge is 2.69. The summed E-state index contributed by atoms with van der Waals surface area (Å²) in [5.41, 5.74) is 0.389. The van der Waals surface area contributed by atoms with Gasteiger partial charge in [-0.1, -0.05) is 20.8 Å². The minimum absolute atomic E-state index is 0.131. The van der Waals surface area contributed by atoms with E-state index in [4.69, 9.17) is 18.5 Å². The molecular formula is C18H30NO5P. The summed E-state index contributed by atoms with van der Waals surface area (Å²) in [7, 11) is -3.63. The third-order valence-corrected chi connectivity index (χ3v) is 9.01. The second-order valence-electron chi connectivity index (χ2n) is 8.16.